The summed E-state index contributed by atoms with van der Waals surface area (Å²) in [6.45, 7) is 7.28. The number of hydrogen-bond donors (Lipinski definition) is 2. The highest BCUT2D eigenvalue weighted by Gasteiger charge is 2.07. The van der Waals surface area contributed by atoms with Gasteiger partial charge in [0.1, 0.15) is 12.0 Å². The summed E-state index contributed by atoms with van der Waals surface area (Å²) in [5, 5.41) is 6.56. The van der Waals surface area contributed by atoms with Crippen molar-refractivity contribution in [3.8, 4) is 17.2 Å². The van der Waals surface area contributed by atoms with Crippen molar-refractivity contribution in [2.45, 2.75) is 40.0 Å². The van der Waals surface area contributed by atoms with Gasteiger partial charge in [0, 0.05) is 19.2 Å². The van der Waals surface area contributed by atoms with Gasteiger partial charge in [-0.15, -0.1) is 24.0 Å². The summed E-state index contributed by atoms with van der Waals surface area (Å²) in [6, 6.07) is 16.2. The van der Waals surface area contributed by atoms with Crippen molar-refractivity contribution < 1.29 is 9.15 Å². The van der Waals surface area contributed by atoms with E-state index in [4.69, 9.17) is 9.15 Å². The molecular weight excluding hydrogens is 491 g/mol. The average molecular weight is 520 g/mol. The molecule has 0 unspecified atom stereocenters. The van der Waals surface area contributed by atoms with Crippen LogP contribution in [0.3, 0.4) is 0 Å². The lowest BCUT2D eigenvalue weighted by molar-refractivity contribution is 0.242. The highest BCUT2D eigenvalue weighted by molar-refractivity contribution is 14.0. The van der Waals surface area contributed by atoms with E-state index in [1.165, 1.54) is 5.56 Å². The van der Waals surface area contributed by atoms with Crippen LogP contribution in [0.1, 0.15) is 30.7 Å². The van der Waals surface area contributed by atoms with Crippen molar-refractivity contribution in [3.63, 3.8) is 0 Å². The molecule has 2 N–H and O–H groups in total. The summed E-state index contributed by atoms with van der Waals surface area (Å²) in [7, 11) is 1.75. The second-order valence-electron chi connectivity index (χ2n) is 7.10. The fourth-order valence-electron chi connectivity index (χ4n) is 2.76. The van der Waals surface area contributed by atoms with Crippen LogP contribution in [0.15, 0.2) is 64.2 Å². The molecule has 3 aromatic rings. The van der Waals surface area contributed by atoms with E-state index < -0.39 is 0 Å². The van der Waals surface area contributed by atoms with Gasteiger partial charge in [-0.2, -0.15) is 0 Å². The second kappa shape index (κ2) is 11.6. The summed E-state index contributed by atoms with van der Waals surface area (Å²) in [5.41, 5.74) is 4.14. The monoisotopic (exact) mass is 520 g/mol. The fraction of sp³-hybridized carbons (Fsp3) is 0.304. The smallest absolute Gasteiger partial charge is 0.226 e. The molecule has 0 aliphatic heterocycles. The fourth-order valence-corrected chi connectivity index (χ4v) is 2.76. The van der Waals surface area contributed by atoms with E-state index in [0.717, 1.165) is 22.6 Å². The molecular formula is C23H29IN4O2. The minimum Gasteiger partial charge on any atom is -0.491 e. The first-order valence-corrected chi connectivity index (χ1v) is 9.75. The first kappa shape index (κ1) is 23.7. The van der Waals surface area contributed by atoms with E-state index in [1.54, 1.807) is 13.3 Å². The molecule has 0 amide bonds. The predicted octanol–water partition coefficient (Wildman–Crippen LogP) is 4.92. The van der Waals surface area contributed by atoms with Gasteiger partial charge in [0.2, 0.25) is 5.89 Å². The topological polar surface area (TPSA) is 71.7 Å². The Morgan fingerprint density at radius 3 is 2.33 bits per heavy atom. The lowest BCUT2D eigenvalue weighted by atomic mass is 10.1. The van der Waals surface area contributed by atoms with Crippen molar-refractivity contribution in [2.24, 2.45) is 4.99 Å². The Kier molecular flexibility index (Phi) is 9.16. The molecule has 2 aromatic carbocycles. The van der Waals surface area contributed by atoms with Gasteiger partial charge in [0.05, 0.1) is 18.3 Å². The third-order valence-electron chi connectivity index (χ3n) is 4.27. The molecule has 3 rings (SSSR count). The van der Waals surface area contributed by atoms with Crippen LogP contribution in [0.2, 0.25) is 0 Å². The maximum Gasteiger partial charge on any atom is 0.226 e. The Balaban J connectivity index is 0.00000320. The standard InChI is InChI=1S/C23H28N4O2.HI/c1-16(2)29-21-11-7-18(8-12-21)13-25-23(24-4)26-14-20-15-28-22(27-20)19-9-5-17(3)6-10-19;/h5-12,15-16H,13-14H2,1-4H3,(H2,24,25,26);1H. The molecule has 0 atom stereocenters. The van der Waals surface area contributed by atoms with E-state index >= 15 is 0 Å². The normalized spacial score (nSPS) is 11.2. The minimum atomic E-state index is 0. The number of oxazole rings is 1. The van der Waals surface area contributed by atoms with Gasteiger partial charge in [0.25, 0.3) is 0 Å². The van der Waals surface area contributed by atoms with E-state index in [1.807, 2.05) is 62.4 Å². The highest BCUT2D eigenvalue weighted by Crippen LogP contribution is 2.19. The Morgan fingerprint density at radius 2 is 1.70 bits per heavy atom. The first-order valence-electron chi connectivity index (χ1n) is 9.75. The third-order valence-corrected chi connectivity index (χ3v) is 4.27. The van der Waals surface area contributed by atoms with Gasteiger partial charge in [-0.3, -0.25) is 4.99 Å². The lowest BCUT2D eigenvalue weighted by Gasteiger charge is -2.12. The van der Waals surface area contributed by atoms with Gasteiger partial charge in [-0.25, -0.2) is 4.98 Å². The maximum atomic E-state index is 5.67. The second-order valence-corrected chi connectivity index (χ2v) is 7.10. The molecule has 7 heteroatoms. The van der Waals surface area contributed by atoms with Gasteiger partial charge < -0.3 is 19.8 Å². The van der Waals surface area contributed by atoms with Crippen molar-refractivity contribution in [3.05, 3.63) is 71.6 Å². The summed E-state index contributed by atoms with van der Waals surface area (Å²) in [5.74, 6) is 2.20. The van der Waals surface area contributed by atoms with Gasteiger partial charge in [-0.05, 0) is 50.6 Å². The number of nitrogens with one attached hydrogen (secondary N) is 2. The molecule has 0 radical (unpaired) electrons. The quantitative estimate of drug-likeness (QED) is 0.263. The molecule has 0 aliphatic rings. The predicted molar refractivity (Wildman–Crippen MR) is 131 cm³/mol. The van der Waals surface area contributed by atoms with Crippen molar-refractivity contribution >= 4 is 29.9 Å². The van der Waals surface area contributed by atoms with Crippen LogP contribution in [0, 0.1) is 6.92 Å². The van der Waals surface area contributed by atoms with Crippen molar-refractivity contribution in [1.82, 2.24) is 15.6 Å². The summed E-state index contributed by atoms with van der Waals surface area (Å²) in [4.78, 5) is 8.80. The first-order chi connectivity index (χ1) is 14.0. The number of nitrogens with zero attached hydrogens (tertiary/aromatic N) is 2. The zero-order chi connectivity index (χ0) is 20.6. The Hall–Kier alpha value is -2.55. The molecule has 0 spiro atoms. The number of rotatable bonds is 7. The van der Waals surface area contributed by atoms with E-state index in [2.05, 4.69) is 27.5 Å². The zero-order valence-electron chi connectivity index (χ0n) is 17.8. The largest absolute Gasteiger partial charge is 0.491 e. The molecule has 30 heavy (non-hydrogen) atoms. The van der Waals surface area contributed by atoms with Crippen LogP contribution in [0.25, 0.3) is 11.5 Å². The molecule has 0 aliphatic carbocycles. The summed E-state index contributed by atoms with van der Waals surface area (Å²) < 4.78 is 11.3. The molecule has 160 valence electrons. The number of aryl methyl sites for hydroxylation is 1. The Bertz CT molecular complexity index is 935. The SMILES string of the molecule is CN=C(NCc1ccc(OC(C)C)cc1)NCc1coc(-c2ccc(C)cc2)n1.I. The third kappa shape index (κ3) is 7.05. The highest BCUT2D eigenvalue weighted by atomic mass is 127. The van der Waals surface area contributed by atoms with Crippen LogP contribution in [-0.4, -0.2) is 24.1 Å². The van der Waals surface area contributed by atoms with Gasteiger partial charge in [-0.1, -0.05) is 29.8 Å². The minimum absolute atomic E-state index is 0. The molecule has 0 fully saturated rings. The van der Waals surface area contributed by atoms with Gasteiger partial charge in [0.15, 0.2) is 5.96 Å². The number of hydrogen-bond acceptors (Lipinski definition) is 4. The van der Waals surface area contributed by atoms with Gasteiger partial charge >= 0.3 is 0 Å². The summed E-state index contributed by atoms with van der Waals surface area (Å²) >= 11 is 0. The molecule has 6 nitrogen and oxygen atoms in total. The molecule has 1 heterocycles. The number of halogens is 1. The van der Waals surface area contributed by atoms with E-state index in [-0.39, 0.29) is 30.1 Å². The van der Waals surface area contributed by atoms with Crippen molar-refractivity contribution in [2.75, 3.05) is 7.05 Å². The number of aliphatic imine (C=N–C) groups is 1. The number of guanidine groups is 1. The molecule has 1 aromatic heterocycles. The summed E-state index contributed by atoms with van der Waals surface area (Å²) in [6.07, 6.45) is 1.84. The average Bonchev–Trinajstić information content (AvgIpc) is 3.18. The molecule has 0 saturated carbocycles. The Morgan fingerprint density at radius 1 is 1.03 bits per heavy atom. The lowest BCUT2D eigenvalue weighted by Crippen LogP contribution is -2.36. The van der Waals surface area contributed by atoms with E-state index in [0.29, 0.717) is 24.9 Å². The van der Waals surface area contributed by atoms with Crippen LogP contribution < -0.4 is 15.4 Å². The van der Waals surface area contributed by atoms with E-state index in [9.17, 15) is 0 Å². The zero-order valence-corrected chi connectivity index (χ0v) is 20.1. The van der Waals surface area contributed by atoms with Crippen molar-refractivity contribution in [1.29, 1.82) is 0 Å². The number of aromatic nitrogens is 1. The Labute approximate surface area is 195 Å². The molecule has 0 saturated heterocycles. The molecule has 0 bridgehead atoms. The van der Waals surface area contributed by atoms with Crippen LogP contribution >= 0.6 is 24.0 Å². The maximum absolute atomic E-state index is 5.67. The number of benzene rings is 2. The number of ether oxygens (including phenoxy) is 1. The van der Waals surface area contributed by atoms with Crippen LogP contribution in [-0.2, 0) is 13.1 Å². The van der Waals surface area contributed by atoms with Crippen LogP contribution in [0.4, 0.5) is 0 Å². The van der Waals surface area contributed by atoms with Crippen LogP contribution in [0.5, 0.6) is 5.75 Å².